The summed E-state index contributed by atoms with van der Waals surface area (Å²) in [6.07, 6.45) is 2.12. The maximum Gasteiger partial charge on any atom is 0.338 e. The highest BCUT2D eigenvalue weighted by Crippen LogP contribution is 2.60. The summed E-state index contributed by atoms with van der Waals surface area (Å²) in [7, 11) is 0. The molecule has 3 aliphatic rings. The highest BCUT2D eigenvalue weighted by Gasteiger charge is 2.64. The van der Waals surface area contributed by atoms with Crippen LogP contribution in [0.5, 0.6) is 0 Å². The van der Waals surface area contributed by atoms with Gasteiger partial charge >= 0.3 is 5.97 Å². The van der Waals surface area contributed by atoms with Crippen molar-refractivity contribution in [3.05, 3.63) is 64.7 Å². The molecular weight excluding hydrogens is 436 g/mol. The molecule has 1 saturated heterocycles. The summed E-state index contributed by atoms with van der Waals surface area (Å²) in [6, 6.07) is 10.9. The minimum atomic E-state index is -1.17. The molecule has 7 heteroatoms. The van der Waals surface area contributed by atoms with Crippen molar-refractivity contribution < 1.29 is 19.1 Å². The molecule has 6 nitrogen and oxygen atoms in total. The fraction of sp³-hybridized carbons (Fsp3) is 0.346. The van der Waals surface area contributed by atoms with Crippen LogP contribution in [0.2, 0.25) is 0 Å². The Morgan fingerprint density at radius 1 is 1.09 bits per heavy atom. The van der Waals surface area contributed by atoms with Crippen LogP contribution in [0.1, 0.15) is 54.7 Å². The first kappa shape index (κ1) is 21.8. The first-order valence-electron chi connectivity index (χ1n) is 11.1. The lowest BCUT2D eigenvalue weighted by Crippen LogP contribution is -2.54. The second-order valence-corrected chi connectivity index (χ2v) is 10.4. The number of hydrogen-bond donors (Lipinski definition) is 0. The zero-order valence-electron chi connectivity index (χ0n) is 19.4. The Morgan fingerprint density at radius 2 is 1.79 bits per heavy atom. The van der Waals surface area contributed by atoms with E-state index in [1.54, 1.807) is 36.1 Å². The lowest BCUT2D eigenvalue weighted by atomic mass is 9.88. The second kappa shape index (κ2) is 7.22. The zero-order chi connectivity index (χ0) is 23.7. The Labute approximate surface area is 197 Å². The SMILES string of the molecule is CCOC(=O)c1ccc(N2C(=O)CS[C@@]23C(=O)N2c4c(cc(C)cc43)C(C)=CC2(C)C)cc1. The number of anilines is 2. The lowest BCUT2D eigenvalue weighted by molar-refractivity contribution is -0.124. The summed E-state index contributed by atoms with van der Waals surface area (Å²) in [5.41, 5.74) is 5.43. The molecule has 1 fully saturated rings. The molecule has 0 aromatic heterocycles. The number of esters is 1. The van der Waals surface area contributed by atoms with E-state index in [1.165, 1.54) is 11.8 Å². The van der Waals surface area contributed by atoms with Gasteiger partial charge in [0.25, 0.3) is 5.91 Å². The first-order chi connectivity index (χ1) is 15.6. The van der Waals surface area contributed by atoms with E-state index < -0.39 is 16.4 Å². The standard InChI is InChI=1S/C26H26N2O4S/c1-6-32-23(30)17-7-9-18(10-8-17)27-21(29)14-33-26(27)20-12-15(2)11-19-16(3)13-25(4,5)28(22(19)20)24(26)31/h7-13H,6,14H2,1-5H3/t26-/m0/s1. The maximum absolute atomic E-state index is 14.2. The van der Waals surface area contributed by atoms with E-state index in [2.05, 4.69) is 19.1 Å². The number of nitrogens with zero attached hydrogens (tertiary/aromatic N) is 2. The summed E-state index contributed by atoms with van der Waals surface area (Å²) in [6.45, 7) is 10.2. The van der Waals surface area contributed by atoms with Crippen molar-refractivity contribution in [2.24, 2.45) is 0 Å². The Morgan fingerprint density at radius 3 is 2.45 bits per heavy atom. The summed E-state index contributed by atoms with van der Waals surface area (Å²) in [5.74, 6) is -0.448. The van der Waals surface area contributed by atoms with Crippen LogP contribution in [0.4, 0.5) is 11.4 Å². The van der Waals surface area contributed by atoms with Gasteiger partial charge in [-0.1, -0.05) is 12.1 Å². The Balaban J connectivity index is 1.70. The predicted octanol–water partition coefficient (Wildman–Crippen LogP) is 4.65. The lowest BCUT2D eigenvalue weighted by Gasteiger charge is -2.40. The van der Waals surface area contributed by atoms with Crippen LogP contribution < -0.4 is 9.80 Å². The third kappa shape index (κ3) is 2.91. The molecule has 0 unspecified atom stereocenters. The fourth-order valence-corrected chi connectivity index (χ4v) is 6.61. The molecule has 3 aliphatic heterocycles. The van der Waals surface area contributed by atoms with E-state index in [0.717, 1.165) is 28.0 Å². The molecular formula is C26H26N2O4S. The summed E-state index contributed by atoms with van der Waals surface area (Å²) in [4.78, 5) is 41.9. The van der Waals surface area contributed by atoms with Gasteiger partial charge in [0.2, 0.25) is 10.8 Å². The van der Waals surface area contributed by atoms with Crippen molar-refractivity contribution >= 4 is 46.5 Å². The van der Waals surface area contributed by atoms with Crippen molar-refractivity contribution in [2.75, 3.05) is 22.2 Å². The number of benzene rings is 2. The molecule has 0 bridgehead atoms. The van der Waals surface area contributed by atoms with Crippen LogP contribution in [0.25, 0.3) is 5.57 Å². The van der Waals surface area contributed by atoms with E-state index in [9.17, 15) is 14.4 Å². The predicted molar refractivity (Wildman–Crippen MR) is 130 cm³/mol. The van der Waals surface area contributed by atoms with Crippen molar-refractivity contribution in [3.63, 3.8) is 0 Å². The third-order valence-electron chi connectivity index (χ3n) is 6.51. The number of carbonyl (C=O) groups is 3. The van der Waals surface area contributed by atoms with Gasteiger partial charge in [-0.3, -0.25) is 19.4 Å². The van der Waals surface area contributed by atoms with E-state index in [-0.39, 0.29) is 24.2 Å². The van der Waals surface area contributed by atoms with Gasteiger partial charge in [0.05, 0.1) is 29.1 Å². The number of amides is 2. The van der Waals surface area contributed by atoms with Gasteiger partial charge in [0.1, 0.15) is 0 Å². The molecule has 33 heavy (non-hydrogen) atoms. The van der Waals surface area contributed by atoms with Gasteiger partial charge in [0, 0.05) is 16.8 Å². The highest BCUT2D eigenvalue weighted by molar-refractivity contribution is 8.02. The molecule has 1 atom stereocenters. The number of aryl methyl sites for hydroxylation is 1. The summed E-state index contributed by atoms with van der Waals surface area (Å²) >= 11 is 1.37. The minimum absolute atomic E-state index is 0.108. The molecule has 2 aromatic rings. The Kier molecular flexibility index (Phi) is 4.76. The largest absolute Gasteiger partial charge is 0.462 e. The monoisotopic (exact) mass is 462 g/mol. The molecule has 2 amide bonds. The molecule has 1 spiro atoms. The van der Waals surface area contributed by atoms with Gasteiger partial charge in [-0.15, -0.1) is 11.8 Å². The molecule has 0 aliphatic carbocycles. The molecule has 5 rings (SSSR count). The first-order valence-corrected chi connectivity index (χ1v) is 12.0. The number of hydrogen-bond acceptors (Lipinski definition) is 5. The molecule has 2 aromatic carbocycles. The maximum atomic E-state index is 14.2. The van der Waals surface area contributed by atoms with E-state index in [4.69, 9.17) is 4.74 Å². The highest BCUT2D eigenvalue weighted by atomic mass is 32.2. The van der Waals surface area contributed by atoms with Crippen LogP contribution >= 0.6 is 11.8 Å². The number of carbonyl (C=O) groups excluding carboxylic acids is 3. The van der Waals surface area contributed by atoms with Crippen molar-refractivity contribution in [1.29, 1.82) is 0 Å². The number of thioether (sulfide) groups is 1. The summed E-state index contributed by atoms with van der Waals surface area (Å²) in [5, 5.41) is 0. The average molecular weight is 463 g/mol. The van der Waals surface area contributed by atoms with Crippen LogP contribution in [0.15, 0.2) is 42.5 Å². The minimum Gasteiger partial charge on any atom is -0.462 e. The number of ether oxygens (including phenoxy) is 1. The number of allylic oxidation sites excluding steroid dienone is 1. The van der Waals surface area contributed by atoms with Gasteiger partial charge in [-0.25, -0.2) is 4.79 Å². The van der Waals surface area contributed by atoms with Gasteiger partial charge in [-0.05, 0) is 76.1 Å². The molecule has 3 heterocycles. The Hall–Kier alpha value is -3.06. The van der Waals surface area contributed by atoms with Crippen LogP contribution in [0, 0.1) is 6.92 Å². The fourth-order valence-electron chi connectivity index (χ4n) is 5.28. The van der Waals surface area contributed by atoms with Crippen molar-refractivity contribution in [3.8, 4) is 0 Å². The summed E-state index contributed by atoms with van der Waals surface area (Å²) < 4.78 is 5.08. The second-order valence-electron chi connectivity index (χ2n) is 9.26. The molecule has 0 saturated carbocycles. The van der Waals surface area contributed by atoms with Crippen molar-refractivity contribution in [2.45, 2.75) is 45.0 Å². The zero-order valence-corrected chi connectivity index (χ0v) is 20.2. The topological polar surface area (TPSA) is 66.9 Å². The number of fused-ring (bicyclic) bond motifs is 1. The third-order valence-corrected chi connectivity index (χ3v) is 7.90. The van der Waals surface area contributed by atoms with E-state index in [0.29, 0.717) is 11.3 Å². The molecule has 170 valence electrons. The van der Waals surface area contributed by atoms with E-state index in [1.807, 2.05) is 31.7 Å². The normalized spacial score (nSPS) is 22.6. The van der Waals surface area contributed by atoms with Crippen LogP contribution in [-0.4, -0.2) is 35.7 Å². The van der Waals surface area contributed by atoms with Gasteiger partial charge in [-0.2, -0.15) is 0 Å². The van der Waals surface area contributed by atoms with Crippen LogP contribution in [0.3, 0.4) is 0 Å². The van der Waals surface area contributed by atoms with Crippen LogP contribution in [-0.2, 0) is 19.2 Å². The quantitative estimate of drug-likeness (QED) is 0.622. The van der Waals surface area contributed by atoms with Crippen molar-refractivity contribution in [1.82, 2.24) is 0 Å². The van der Waals surface area contributed by atoms with Gasteiger partial charge < -0.3 is 4.74 Å². The molecule has 0 radical (unpaired) electrons. The average Bonchev–Trinajstić information content (AvgIpc) is 3.23. The smallest absolute Gasteiger partial charge is 0.338 e. The van der Waals surface area contributed by atoms with Gasteiger partial charge in [0.15, 0.2) is 0 Å². The molecule has 0 N–H and O–H groups in total. The van der Waals surface area contributed by atoms with E-state index >= 15 is 0 Å². The Bertz CT molecular complexity index is 1250. The number of rotatable bonds is 3.